The molecule has 0 atom stereocenters. The summed E-state index contributed by atoms with van der Waals surface area (Å²) in [6, 6.07) is 22.6. The monoisotopic (exact) mass is 533 g/mol. The van der Waals surface area contributed by atoms with Gasteiger partial charge in [0, 0.05) is 37.6 Å². The Bertz CT molecular complexity index is 1430. The fraction of sp³-hybridized carbons (Fsp3) is 0.412. The highest BCUT2D eigenvalue weighted by Gasteiger charge is 2.18. The predicted molar refractivity (Wildman–Crippen MR) is 164 cm³/mol. The summed E-state index contributed by atoms with van der Waals surface area (Å²) in [7, 11) is 0. The van der Waals surface area contributed by atoms with E-state index in [1.54, 1.807) is 6.20 Å². The lowest BCUT2D eigenvalue weighted by Gasteiger charge is -2.22. The zero-order valence-electron chi connectivity index (χ0n) is 23.3. The maximum absolute atomic E-state index is 6.14. The normalized spacial score (nSPS) is 18.1. The number of aromatic nitrogens is 2. The standard InChI is InChI=1S/C34H39N5O/c1-2-18-38(17-1)28-9-5-26(6-10-28)30-21-32-33(37-34(23-36-32)40-24-25-13-15-35-16-14-25)22-31(30)27-7-11-29(12-8-27)39-19-3-4-20-39/h5-12,21-23,25,35H,1-4,13-20,24H2. The van der Waals surface area contributed by atoms with Gasteiger partial charge in [-0.15, -0.1) is 0 Å². The molecular formula is C34H39N5O. The summed E-state index contributed by atoms with van der Waals surface area (Å²) < 4.78 is 6.14. The van der Waals surface area contributed by atoms with Gasteiger partial charge in [0.05, 0.1) is 23.8 Å². The molecule has 0 aliphatic carbocycles. The molecule has 1 N–H and O–H groups in total. The second kappa shape index (κ2) is 11.5. The van der Waals surface area contributed by atoms with Crippen LogP contribution < -0.4 is 19.9 Å². The van der Waals surface area contributed by atoms with E-state index < -0.39 is 0 Å². The third-order valence-corrected chi connectivity index (χ3v) is 8.88. The molecule has 3 fully saturated rings. The number of nitrogens with zero attached hydrogens (tertiary/aromatic N) is 4. The molecule has 0 radical (unpaired) electrons. The van der Waals surface area contributed by atoms with E-state index in [-0.39, 0.29) is 0 Å². The van der Waals surface area contributed by atoms with Crippen molar-refractivity contribution >= 4 is 22.4 Å². The number of piperidine rings is 1. The molecule has 3 aromatic carbocycles. The highest BCUT2D eigenvalue weighted by molar-refractivity contribution is 5.93. The summed E-state index contributed by atoms with van der Waals surface area (Å²) in [6.07, 6.45) is 9.22. The Morgan fingerprint density at radius 1 is 0.700 bits per heavy atom. The van der Waals surface area contributed by atoms with Crippen LogP contribution in [-0.2, 0) is 0 Å². The predicted octanol–water partition coefficient (Wildman–Crippen LogP) is 6.54. The summed E-state index contributed by atoms with van der Waals surface area (Å²) >= 11 is 0. The van der Waals surface area contributed by atoms with Gasteiger partial charge in [-0.2, -0.15) is 0 Å². The van der Waals surface area contributed by atoms with E-state index in [0.717, 1.165) is 63.1 Å². The first-order chi connectivity index (χ1) is 19.8. The van der Waals surface area contributed by atoms with Gasteiger partial charge in [0.15, 0.2) is 0 Å². The van der Waals surface area contributed by atoms with Crippen molar-refractivity contribution in [3.8, 4) is 28.1 Å². The molecular weight excluding hydrogens is 494 g/mol. The summed E-state index contributed by atoms with van der Waals surface area (Å²) in [4.78, 5) is 14.7. The van der Waals surface area contributed by atoms with Crippen LogP contribution in [0.15, 0.2) is 66.9 Å². The number of anilines is 2. The first-order valence-corrected chi connectivity index (χ1v) is 15.2. The van der Waals surface area contributed by atoms with Crippen molar-refractivity contribution in [2.75, 3.05) is 55.7 Å². The van der Waals surface area contributed by atoms with Crippen molar-refractivity contribution in [3.05, 3.63) is 66.9 Å². The molecule has 7 rings (SSSR count). The van der Waals surface area contributed by atoms with Crippen LogP contribution in [-0.4, -0.2) is 55.8 Å². The van der Waals surface area contributed by atoms with Gasteiger partial charge < -0.3 is 19.9 Å². The first-order valence-electron chi connectivity index (χ1n) is 15.2. The summed E-state index contributed by atoms with van der Waals surface area (Å²) in [5.74, 6) is 1.19. The number of hydrogen-bond acceptors (Lipinski definition) is 6. The van der Waals surface area contributed by atoms with Crippen LogP contribution in [0.3, 0.4) is 0 Å². The van der Waals surface area contributed by atoms with E-state index >= 15 is 0 Å². The first kappa shape index (κ1) is 25.3. The molecule has 6 nitrogen and oxygen atoms in total. The molecule has 4 heterocycles. The highest BCUT2D eigenvalue weighted by atomic mass is 16.5. The minimum absolute atomic E-state index is 0.578. The summed E-state index contributed by atoms with van der Waals surface area (Å²) in [6.45, 7) is 7.45. The fourth-order valence-electron chi connectivity index (χ4n) is 6.50. The van der Waals surface area contributed by atoms with Crippen LogP contribution >= 0.6 is 0 Å². The van der Waals surface area contributed by atoms with E-state index in [1.165, 1.54) is 59.3 Å². The average Bonchev–Trinajstić information content (AvgIpc) is 3.76. The van der Waals surface area contributed by atoms with Gasteiger partial charge in [0.1, 0.15) is 0 Å². The lowest BCUT2D eigenvalue weighted by Crippen LogP contribution is -2.30. The molecule has 0 unspecified atom stereocenters. The summed E-state index contributed by atoms with van der Waals surface area (Å²) in [5.41, 5.74) is 9.17. The quantitative estimate of drug-likeness (QED) is 0.291. The van der Waals surface area contributed by atoms with Gasteiger partial charge >= 0.3 is 0 Å². The minimum atomic E-state index is 0.578. The van der Waals surface area contributed by atoms with Crippen molar-refractivity contribution < 1.29 is 4.74 Å². The maximum Gasteiger partial charge on any atom is 0.232 e. The molecule has 0 amide bonds. The molecule has 3 aliphatic rings. The average molecular weight is 534 g/mol. The van der Waals surface area contributed by atoms with Crippen LogP contribution in [0.2, 0.25) is 0 Å². The van der Waals surface area contributed by atoms with Gasteiger partial charge in [0.2, 0.25) is 5.88 Å². The van der Waals surface area contributed by atoms with Crippen molar-refractivity contribution in [3.63, 3.8) is 0 Å². The molecule has 3 aliphatic heterocycles. The van der Waals surface area contributed by atoms with Gasteiger partial charge in [0.25, 0.3) is 0 Å². The molecule has 0 bridgehead atoms. The number of fused-ring (bicyclic) bond motifs is 1. The molecule has 4 aromatic rings. The van der Waals surface area contributed by atoms with Gasteiger partial charge in [-0.05, 0) is 116 Å². The van der Waals surface area contributed by atoms with Crippen LogP contribution in [0.1, 0.15) is 38.5 Å². The second-order valence-electron chi connectivity index (χ2n) is 11.6. The van der Waals surface area contributed by atoms with E-state index in [0.29, 0.717) is 18.4 Å². The Kier molecular flexibility index (Phi) is 7.26. The van der Waals surface area contributed by atoms with Crippen molar-refractivity contribution in [2.24, 2.45) is 5.92 Å². The number of benzene rings is 3. The van der Waals surface area contributed by atoms with E-state index in [2.05, 4.69) is 75.8 Å². The molecule has 0 saturated carbocycles. The zero-order chi connectivity index (χ0) is 26.7. The number of ether oxygens (including phenoxy) is 1. The molecule has 1 aromatic heterocycles. The zero-order valence-corrected chi connectivity index (χ0v) is 23.3. The third kappa shape index (κ3) is 5.37. The van der Waals surface area contributed by atoms with Crippen LogP contribution in [0.4, 0.5) is 11.4 Å². The number of hydrogen-bond donors (Lipinski definition) is 1. The Morgan fingerprint density at radius 3 is 1.77 bits per heavy atom. The lowest BCUT2D eigenvalue weighted by atomic mass is 9.93. The van der Waals surface area contributed by atoms with E-state index in [4.69, 9.17) is 14.7 Å². The maximum atomic E-state index is 6.14. The Morgan fingerprint density at radius 2 is 1.23 bits per heavy atom. The van der Waals surface area contributed by atoms with Crippen molar-refractivity contribution in [1.82, 2.24) is 15.3 Å². The smallest absolute Gasteiger partial charge is 0.232 e. The minimum Gasteiger partial charge on any atom is -0.476 e. The highest BCUT2D eigenvalue weighted by Crippen LogP contribution is 2.37. The number of nitrogens with one attached hydrogen (secondary N) is 1. The molecule has 206 valence electrons. The third-order valence-electron chi connectivity index (χ3n) is 8.88. The van der Waals surface area contributed by atoms with Gasteiger partial charge in [-0.25, -0.2) is 9.97 Å². The Labute approximate surface area is 237 Å². The molecule has 0 spiro atoms. The summed E-state index contributed by atoms with van der Waals surface area (Å²) in [5, 5.41) is 3.43. The largest absolute Gasteiger partial charge is 0.476 e. The lowest BCUT2D eigenvalue weighted by molar-refractivity contribution is 0.209. The topological polar surface area (TPSA) is 53.5 Å². The SMILES string of the molecule is c1cc(N2CCCC2)ccc1-c1cc2ncc(OCC3CCNCC3)nc2cc1-c1ccc(N2CCCC2)cc1. The van der Waals surface area contributed by atoms with Gasteiger partial charge in [-0.3, -0.25) is 0 Å². The Hall–Kier alpha value is -3.64. The second-order valence-corrected chi connectivity index (χ2v) is 11.6. The molecule has 3 saturated heterocycles. The van der Waals surface area contributed by atoms with Crippen LogP contribution in [0, 0.1) is 5.92 Å². The van der Waals surface area contributed by atoms with E-state index in [9.17, 15) is 0 Å². The van der Waals surface area contributed by atoms with Gasteiger partial charge in [-0.1, -0.05) is 24.3 Å². The number of rotatable bonds is 7. The van der Waals surface area contributed by atoms with Crippen LogP contribution in [0.5, 0.6) is 5.88 Å². The Balaban J connectivity index is 1.23. The van der Waals surface area contributed by atoms with Crippen LogP contribution in [0.25, 0.3) is 33.3 Å². The molecule has 40 heavy (non-hydrogen) atoms. The fourth-order valence-corrected chi connectivity index (χ4v) is 6.50. The van der Waals surface area contributed by atoms with E-state index in [1.807, 2.05) is 0 Å². The van der Waals surface area contributed by atoms with Crippen molar-refractivity contribution in [2.45, 2.75) is 38.5 Å². The molecule has 6 heteroatoms. The van der Waals surface area contributed by atoms with Crippen molar-refractivity contribution in [1.29, 1.82) is 0 Å².